The first-order chi connectivity index (χ1) is 12.6. The van der Waals surface area contributed by atoms with Crippen molar-refractivity contribution in [2.24, 2.45) is 0 Å². The number of piperidine rings is 1. The Morgan fingerprint density at radius 1 is 1.31 bits per heavy atom. The zero-order valence-corrected chi connectivity index (χ0v) is 15.9. The Labute approximate surface area is 156 Å². The highest BCUT2D eigenvalue weighted by molar-refractivity contribution is 5.94. The number of amides is 2. The summed E-state index contributed by atoms with van der Waals surface area (Å²) in [5.74, 6) is 0.204. The number of quaternary nitrogens is 1. The van der Waals surface area contributed by atoms with Crippen molar-refractivity contribution in [2.45, 2.75) is 58.0 Å². The lowest BCUT2D eigenvalue weighted by molar-refractivity contribution is -0.928. The third-order valence-electron chi connectivity index (χ3n) is 5.78. The average molecular weight is 359 g/mol. The van der Waals surface area contributed by atoms with Gasteiger partial charge in [-0.05, 0) is 50.3 Å². The van der Waals surface area contributed by atoms with Crippen molar-refractivity contribution in [3.8, 4) is 0 Å². The summed E-state index contributed by atoms with van der Waals surface area (Å²) in [6.07, 6.45) is 6.63. The van der Waals surface area contributed by atoms with Crippen LogP contribution in [0.25, 0.3) is 0 Å². The van der Waals surface area contributed by atoms with Gasteiger partial charge in [0.2, 0.25) is 5.91 Å². The van der Waals surface area contributed by atoms with Crippen LogP contribution < -0.4 is 10.2 Å². The van der Waals surface area contributed by atoms with E-state index in [4.69, 9.17) is 0 Å². The predicted molar refractivity (Wildman–Crippen MR) is 102 cm³/mol. The molecule has 0 radical (unpaired) electrons. The summed E-state index contributed by atoms with van der Waals surface area (Å²) in [6, 6.07) is 8.42. The molecule has 2 saturated heterocycles. The molecule has 2 amide bonds. The molecule has 0 spiro atoms. The van der Waals surface area contributed by atoms with Crippen LogP contribution in [-0.2, 0) is 11.3 Å². The lowest BCUT2D eigenvalue weighted by Gasteiger charge is -2.30. The molecule has 2 fully saturated rings. The Kier molecular flexibility index (Phi) is 6.67. The van der Waals surface area contributed by atoms with Crippen LogP contribution in [0.2, 0.25) is 0 Å². The molecule has 2 aliphatic heterocycles. The Morgan fingerprint density at radius 2 is 2.19 bits per heavy atom. The second-order valence-corrected chi connectivity index (χ2v) is 7.78. The third kappa shape index (κ3) is 5.07. The zero-order chi connectivity index (χ0) is 18.4. The number of carbonyl (C=O) groups excluding carboxylic acids is 2. The zero-order valence-electron chi connectivity index (χ0n) is 15.9. The minimum atomic E-state index is -0.0127. The molecule has 5 nitrogen and oxygen atoms in total. The standard InChI is InChI=1S/C21H31N3O2/c1-17-7-2-3-12-23(17)14-6-11-22-21(26)19-9-4-8-18(15-19)16-24-13-5-10-20(24)25/h4,8-9,15,17H,2-3,5-7,10-14,16H2,1H3,(H,22,26)/p+1/t17-/m1/s1. The molecule has 142 valence electrons. The fourth-order valence-corrected chi connectivity index (χ4v) is 4.15. The maximum Gasteiger partial charge on any atom is 0.251 e. The SMILES string of the molecule is C[C@@H]1CCCC[NH+]1CCCNC(=O)c1cccc(CN2CCCC2=O)c1. The molecule has 3 rings (SSSR count). The summed E-state index contributed by atoms with van der Waals surface area (Å²) < 4.78 is 0. The molecule has 0 aromatic heterocycles. The first-order valence-corrected chi connectivity index (χ1v) is 10.1. The van der Waals surface area contributed by atoms with Crippen molar-refractivity contribution in [1.29, 1.82) is 0 Å². The van der Waals surface area contributed by atoms with Crippen LogP contribution in [0.4, 0.5) is 0 Å². The number of hydrogen-bond donors (Lipinski definition) is 2. The van der Waals surface area contributed by atoms with Crippen molar-refractivity contribution in [1.82, 2.24) is 10.2 Å². The fraction of sp³-hybridized carbons (Fsp3) is 0.619. The van der Waals surface area contributed by atoms with E-state index in [1.54, 1.807) is 4.90 Å². The number of rotatable bonds is 7. The Hall–Kier alpha value is -1.88. The van der Waals surface area contributed by atoms with E-state index in [2.05, 4.69) is 12.2 Å². The van der Waals surface area contributed by atoms with E-state index in [-0.39, 0.29) is 11.8 Å². The Balaban J connectivity index is 1.44. The molecule has 1 unspecified atom stereocenters. The van der Waals surface area contributed by atoms with Gasteiger partial charge in [0.15, 0.2) is 0 Å². The van der Waals surface area contributed by atoms with Gasteiger partial charge in [0, 0.05) is 38.0 Å². The highest BCUT2D eigenvalue weighted by atomic mass is 16.2. The smallest absolute Gasteiger partial charge is 0.251 e. The summed E-state index contributed by atoms with van der Waals surface area (Å²) in [5.41, 5.74) is 1.72. The Morgan fingerprint density at radius 3 is 2.96 bits per heavy atom. The van der Waals surface area contributed by atoms with Crippen LogP contribution in [0.3, 0.4) is 0 Å². The van der Waals surface area contributed by atoms with E-state index >= 15 is 0 Å². The van der Waals surface area contributed by atoms with E-state index in [1.165, 1.54) is 25.8 Å². The van der Waals surface area contributed by atoms with Gasteiger partial charge in [-0.2, -0.15) is 0 Å². The molecule has 2 heterocycles. The predicted octanol–water partition coefficient (Wildman–Crippen LogP) is 1.39. The maximum atomic E-state index is 12.4. The van der Waals surface area contributed by atoms with Crippen molar-refractivity contribution in [3.05, 3.63) is 35.4 Å². The minimum absolute atomic E-state index is 0.0127. The van der Waals surface area contributed by atoms with Crippen LogP contribution in [-0.4, -0.2) is 48.9 Å². The van der Waals surface area contributed by atoms with Gasteiger partial charge in [0.1, 0.15) is 0 Å². The molecule has 1 aromatic rings. The van der Waals surface area contributed by atoms with Crippen molar-refractivity contribution >= 4 is 11.8 Å². The van der Waals surface area contributed by atoms with Crippen LogP contribution in [0, 0.1) is 0 Å². The monoisotopic (exact) mass is 358 g/mol. The number of nitrogens with zero attached hydrogens (tertiary/aromatic N) is 1. The molecule has 2 aliphatic rings. The third-order valence-corrected chi connectivity index (χ3v) is 5.78. The molecular weight excluding hydrogens is 326 g/mol. The average Bonchev–Trinajstić information content (AvgIpc) is 3.05. The van der Waals surface area contributed by atoms with Crippen molar-refractivity contribution < 1.29 is 14.5 Å². The lowest BCUT2D eigenvalue weighted by Crippen LogP contribution is -3.16. The molecule has 5 heteroatoms. The minimum Gasteiger partial charge on any atom is -0.352 e. The molecule has 0 aliphatic carbocycles. The number of hydrogen-bond acceptors (Lipinski definition) is 2. The van der Waals surface area contributed by atoms with Gasteiger partial charge < -0.3 is 15.1 Å². The first-order valence-electron chi connectivity index (χ1n) is 10.1. The normalized spacial score (nSPS) is 23.3. The quantitative estimate of drug-likeness (QED) is 0.724. The van der Waals surface area contributed by atoms with Gasteiger partial charge >= 0.3 is 0 Å². The summed E-state index contributed by atoms with van der Waals surface area (Å²) in [6.45, 7) is 6.90. The highest BCUT2D eigenvalue weighted by Crippen LogP contribution is 2.15. The van der Waals surface area contributed by atoms with Crippen LogP contribution in [0.1, 0.15) is 61.4 Å². The van der Waals surface area contributed by atoms with Crippen molar-refractivity contribution in [3.63, 3.8) is 0 Å². The summed E-state index contributed by atoms with van der Waals surface area (Å²) in [7, 11) is 0. The summed E-state index contributed by atoms with van der Waals surface area (Å²) >= 11 is 0. The first kappa shape index (κ1) is 18.9. The molecule has 1 aromatic carbocycles. The lowest BCUT2D eigenvalue weighted by atomic mass is 10.0. The van der Waals surface area contributed by atoms with Gasteiger partial charge in [-0.25, -0.2) is 0 Å². The van der Waals surface area contributed by atoms with Gasteiger partial charge in [-0.15, -0.1) is 0 Å². The van der Waals surface area contributed by atoms with E-state index in [9.17, 15) is 9.59 Å². The number of carbonyl (C=O) groups is 2. The van der Waals surface area contributed by atoms with Gasteiger partial charge in [0.25, 0.3) is 5.91 Å². The topological polar surface area (TPSA) is 53.9 Å². The molecule has 2 N–H and O–H groups in total. The molecule has 0 bridgehead atoms. The fourth-order valence-electron chi connectivity index (χ4n) is 4.15. The molecule has 26 heavy (non-hydrogen) atoms. The highest BCUT2D eigenvalue weighted by Gasteiger charge is 2.21. The van der Waals surface area contributed by atoms with Crippen LogP contribution in [0.5, 0.6) is 0 Å². The molecular formula is C21H32N3O2+. The summed E-state index contributed by atoms with van der Waals surface area (Å²) in [4.78, 5) is 27.7. The van der Waals surface area contributed by atoms with E-state index in [1.807, 2.05) is 29.2 Å². The van der Waals surface area contributed by atoms with Gasteiger partial charge in [0.05, 0.1) is 19.1 Å². The maximum absolute atomic E-state index is 12.4. The summed E-state index contributed by atoms with van der Waals surface area (Å²) in [5, 5.41) is 3.05. The van der Waals surface area contributed by atoms with Crippen LogP contribution in [0.15, 0.2) is 24.3 Å². The van der Waals surface area contributed by atoms with Crippen molar-refractivity contribution in [2.75, 3.05) is 26.2 Å². The number of benzene rings is 1. The van der Waals surface area contributed by atoms with Gasteiger partial charge in [-0.1, -0.05) is 12.1 Å². The number of likely N-dealkylation sites (tertiary alicyclic amines) is 2. The second kappa shape index (κ2) is 9.17. The largest absolute Gasteiger partial charge is 0.352 e. The Bertz CT molecular complexity index is 631. The second-order valence-electron chi connectivity index (χ2n) is 7.78. The molecule has 2 atom stereocenters. The van der Waals surface area contributed by atoms with E-state index < -0.39 is 0 Å². The van der Waals surface area contributed by atoms with E-state index in [0.717, 1.165) is 44.1 Å². The van der Waals surface area contributed by atoms with Gasteiger partial charge in [-0.3, -0.25) is 9.59 Å². The van der Waals surface area contributed by atoms with Crippen LogP contribution >= 0.6 is 0 Å². The molecule has 0 saturated carbocycles. The van der Waals surface area contributed by atoms with E-state index in [0.29, 0.717) is 18.5 Å². The number of nitrogens with one attached hydrogen (secondary N) is 2.